The van der Waals surface area contributed by atoms with Gasteiger partial charge in [0, 0.05) is 0 Å². The third-order valence-corrected chi connectivity index (χ3v) is 3.30. The molecule has 0 aromatic carbocycles. The zero-order valence-corrected chi connectivity index (χ0v) is 10.8. The number of carbonyl (C=O) groups excluding carboxylic acids is 2. The van der Waals surface area contributed by atoms with Gasteiger partial charge in [-0.2, -0.15) is 0 Å². The molecule has 5 heteroatoms. The van der Waals surface area contributed by atoms with Crippen LogP contribution in [0.4, 0.5) is 4.79 Å². The molecule has 0 aliphatic carbocycles. The van der Waals surface area contributed by atoms with Gasteiger partial charge in [0.05, 0.1) is 18.1 Å². The van der Waals surface area contributed by atoms with E-state index in [-0.39, 0.29) is 24.5 Å². The summed E-state index contributed by atoms with van der Waals surface area (Å²) in [7, 11) is 0. The number of hydrogen-bond donors (Lipinski definition) is 1. The van der Waals surface area contributed by atoms with Gasteiger partial charge in [-0.05, 0) is 12.3 Å². The Morgan fingerprint density at radius 3 is 2.59 bits per heavy atom. The lowest BCUT2D eigenvalue weighted by atomic mass is 9.98. The molecule has 0 bridgehead atoms. The number of aliphatic hydroxyl groups excluding tert-OH is 1. The minimum atomic E-state index is -0.719. The van der Waals surface area contributed by atoms with Crippen molar-refractivity contribution in [2.24, 2.45) is 11.8 Å². The molecule has 0 radical (unpaired) electrons. The largest absolute Gasteiger partial charge is 0.447 e. The Labute approximate surface area is 102 Å². The molecule has 1 saturated heterocycles. The van der Waals surface area contributed by atoms with E-state index in [0.717, 1.165) is 4.90 Å². The summed E-state index contributed by atoms with van der Waals surface area (Å²) >= 11 is 0. The van der Waals surface area contributed by atoms with E-state index in [9.17, 15) is 14.7 Å². The molecule has 0 unspecified atom stereocenters. The van der Waals surface area contributed by atoms with Crippen LogP contribution in [-0.4, -0.2) is 40.8 Å². The second kappa shape index (κ2) is 5.49. The fraction of sp³-hybridized carbons (Fsp3) is 0.833. The molecule has 1 N–H and O–H groups in total. The van der Waals surface area contributed by atoms with Crippen LogP contribution in [0, 0.1) is 11.8 Å². The molecule has 1 fully saturated rings. The van der Waals surface area contributed by atoms with Crippen LogP contribution in [0.2, 0.25) is 0 Å². The van der Waals surface area contributed by atoms with Crippen molar-refractivity contribution in [3.8, 4) is 0 Å². The Kier molecular flexibility index (Phi) is 4.51. The van der Waals surface area contributed by atoms with E-state index in [2.05, 4.69) is 0 Å². The molecule has 5 nitrogen and oxygen atoms in total. The number of amides is 2. The summed E-state index contributed by atoms with van der Waals surface area (Å²) in [6.45, 7) is 7.56. The molecule has 0 aromatic heterocycles. The fourth-order valence-corrected chi connectivity index (χ4v) is 1.92. The zero-order chi connectivity index (χ0) is 13.2. The monoisotopic (exact) mass is 243 g/mol. The number of cyclic esters (lactones) is 1. The second-order valence-electron chi connectivity index (χ2n) is 4.86. The number of hydrogen-bond acceptors (Lipinski definition) is 4. The summed E-state index contributed by atoms with van der Waals surface area (Å²) in [6, 6.07) is -0.221. The van der Waals surface area contributed by atoms with E-state index in [1.54, 1.807) is 13.8 Å². The predicted molar refractivity (Wildman–Crippen MR) is 62.3 cm³/mol. The number of imide groups is 1. The Morgan fingerprint density at radius 1 is 1.53 bits per heavy atom. The topological polar surface area (TPSA) is 66.8 Å². The molecular weight excluding hydrogens is 222 g/mol. The highest BCUT2D eigenvalue weighted by Gasteiger charge is 2.42. The van der Waals surface area contributed by atoms with Gasteiger partial charge in [0.15, 0.2) is 0 Å². The van der Waals surface area contributed by atoms with E-state index in [0.29, 0.717) is 6.42 Å². The molecule has 1 rings (SSSR count). The molecule has 1 heterocycles. The lowest BCUT2D eigenvalue weighted by molar-refractivity contribution is -0.137. The van der Waals surface area contributed by atoms with Crippen LogP contribution in [0.3, 0.4) is 0 Å². The van der Waals surface area contributed by atoms with Gasteiger partial charge < -0.3 is 9.84 Å². The number of aliphatic hydroxyl groups is 1. The molecule has 0 spiro atoms. The molecule has 0 aromatic rings. The summed E-state index contributed by atoms with van der Waals surface area (Å²) in [5.41, 5.74) is 0. The van der Waals surface area contributed by atoms with Gasteiger partial charge in [-0.3, -0.25) is 4.79 Å². The van der Waals surface area contributed by atoms with Crippen molar-refractivity contribution in [3.63, 3.8) is 0 Å². The molecule has 1 aliphatic rings. The Balaban J connectivity index is 2.82. The van der Waals surface area contributed by atoms with E-state index in [1.807, 2.05) is 13.8 Å². The highest BCUT2D eigenvalue weighted by molar-refractivity contribution is 5.94. The van der Waals surface area contributed by atoms with Crippen LogP contribution >= 0.6 is 0 Å². The van der Waals surface area contributed by atoms with Gasteiger partial charge in [-0.1, -0.05) is 27.7 Å². The Morgan fingerprint density at radius 2 is 2.12 bits per heavy atom. The summed E-state index contributed by atoms with van der Waals surface area (Å²) in [5, 5.41) is 9.67. The SMILES string of the molecule is CC[C@H](O)[C@@H](C)C(=O)N1C(=O)OC[C@@H]1C(C)C. The van der Waals surface area contributed by atoms with E-state index in [4.69, 9.17) is 4.74 Å². The van der Waals surface area contributed by atoms with Crippen molar-refractivity contribution in [2.45, 2.75) is 46.3 Å². The smallest absolute Gasteiger partial charge is 0.416 e. The average Bonchev–Trinajstić information content (AvgIpc) is 2.68. The number of rotatable bonds is 4. The third kappa shape index (κ3) is 2.77. The molecule has 3 atom stereocenters. The van der Waals surface area contributed by atoms with E-state index in [1.165, 1.54) is 0 Å². The Hall–Kier alpha value is -1.10. The number of carbonyl (C=O) groups is 2. The molecule has 1 aliphatic heterocycles. The first kappa shape index (κ1) is 14.0. The van der Waals surface area contributed by atoms with Crippen LogP contribution < -0.4 is 0 Å². The van der Waals surface area contributed by atoms with E-state index < -0.39 is 18.1 Å². The normalized spacial score (nSPS) is 23.8. The lowest BCUT2D eigenvalue weighted by Crippen LogP contribution is -2.46. The molecule has 2 amide bonds. The summed E-state index contributed by atoms with van der Waals surface area (Å²) in [4.78, 5) is 24.8. The standard InChI is InChI=1S/C12H21NO4/c1-5-10(14)8(4)11(15)13-9(7(2)3)6-17-12(13)16/h7-10,14H,5-6H2,1-4H3/t8-,9-,10+/m1/s1. The van der Waals surface area contributed by atoms with Crippen LogP contribution in [0.1, 0.15) is 34.1 Å². The first-order valence-electron chi connectivity index (χ1n) is 6.08. The van der Waals surface area contributed by atoms with Crippen molar-refractivity contribution < 1.29 is 19.4 Å². The molecular formula is C12H21NO4. The van der Waals surface area contributed by atoms with Gasteiger partial charge in [0.2, 0.25) is 5.91 Å². The maximum Gasteiger partial charge on any atom is 0.416 e. The maximum atomic E-state index is 12.1. The van der Waals surface area contributed by atoms with Crippen molar-refractivity contribution >= 4 is 12.0 Å². The molecule has 17 heavy (non-hydrogen) atoms. The highest BCUT2D eigenvalue weighted by Crippen LogP contribution is 2.23. The third-order valence-electron chi connectivity index (χ3n) is 3.30. The minimum Gasteiger partial charge on any atom is -0.447 e. The van der Waals surface area contributed by atoms with Gasteiger partial charge in [-0.15, -0.1) is 0 Å². The van der Waals surface area contributed by atoms with Gasteiger partial charge in [-0.25, -0.2) is 9.69 Å². The second-order valence-corrected chi connectivity index (χ2v) is 4.86. The maximum absolute atomic E-state index is 12.1. The highest BCUT2D eigenvalue weighted by atomic mass is 16.6. The zero-order valence-electron chi connectivity index (χ0n) is 10.8. The van der Waals surface area contributed by atoms with Crippen molar-refractivity contribution in [1.82, 2.24) is 4.90 Å². The van der Waals surface area contributed by atoms with Crippen molar-refractivity contribution in [2.75, 3.05) is 6.61 Å². The van der Waals surface area contributed by atoms with Gasteiger partial charge in [0.1, 0.15) is 6.61 Å². The van der Waals surface area contributed by atoms with Crippen LogP contribution in [0.5, 0.6) is 0 Å². The van der Waals surface area contributed by atoms with Gasteiger partial charge in [0.25, 0.3) is 0 Å². The quantitative estimate of drug-likeness (QED) is 0.810. The molecule has 0 saturated carbocycles. The summed E-state index contributed by atoms with van der Waals surface area (Å²) in [5.74, 6) is -0.774. The molecule has 98 valence electrons. The van der Waals surface area contributed by atoms with Crippen LogP contribution in [-0.2, 0) is 9.53 Å². The number of nitrogens with zero attached hydrogens (tertiary/aromatic N) is 1. The van der Waals surface area contributed by atoms with E-state index >= 15 is 0 Å². The Bertz CT molecular complexity index is 303. The predicted octanol–water partition coefficient (Wildman–Crippen LogP) is 1.40. The average molecular weight is 243 g/mol. The van der Waals surface area contributed by atoms with Crippen molar-refractivity contribution in [3.05, 3.63) is 0 Å². The fourth-order valence-electron chi connectivity index (χ4n) is 1.92. The number of ether oxygens (including phenoxy) is 1. The van der Waals surface area contributed by atoms with Crippen LogP contribution in [0.15, 0.2) is 0 Å². The first-order valence-corrected chi connectivity index (χ1v) is 6.08. The lowest BCUT2D eigenvalue weighted by Gasteiger charge is -2.26. The summed E-state index contributed by atoms with van der Waals surface area (Å²) < 4.78 is 4.91. The van der Waals surface area contributed by atoms with Crippen LogP contribution in [0.25, 0.3) is 0 Å². The van der Waals surface area contributed by atoms with Gasteiger partial charge >= 0.3 is 6.09 Å². The summed E-state index contributed by atoms with van der Waals surface area (Å²) in [6.07, 6.45) is -0.824. The van der Waals surface area contributed by atoms with Crippen molar-refractivity contribution in [1.29, 1.82) is 0 Å². The first-order chi connectivity index (χ1) is 7.90. The minimum absolute atomic E-state index is 0.149.